The number of carbonyl (C=O) groups is 1. The molecule has 2 N–H and O–H groups in total. The minimum Gasteiger partial charge on any atom is -0.325 e. The van der Waals surface area contributed by atoms with Gasteiger partial charge in [-0.1, -0.05) is 47.7 Å². The van der Waals surface area contributed by atoms with Crippen LogP contribution in [0.4, 0.5) is 5.69 Å². The predicted octanol–water partition coefficient (Wildman–Crippen LogP) is 4.39. The maximum absolute atomic E-state index is 12.5. The summed E-state index contributed by atoms with van der Waals surface area (Å²) in [4.78, 5) is 17.0. The van der Waals surface area contributed by atoms with Crippen LogP contribution in [0.2, 0.25) is 0 Å². The molecule has 1 heterocycles. The molecule has 5 nitrogen and oxygen atoms in total. The first kappa shape index (κ1) is 17.8. The van der Waals surface area contributed by atoms with Crippen molar-refractivity contribution in [2.75, 3.05) is 5.32 Å². The third kappa shape index (κ3) is 4.06. The minimum absolute atomic E-state index is 0.0420. The first-order valence-corrected chi connectivity index (χ1v) is 10.1. The Kier molecular flexibility index (Phi) is 4.99. The van der Waals surface area contributed by atoms with Gasteiger partial charge in [0.15, 0.2) is 5.82 Å². The number of rotatable bonds is 5. The zero-order valence-electron chi connectivity index (χ0n) is 15.5. The Hall–Kier alpha value is -2.60. The van der Waals surface area contributed by atoms with Crippen LogP contribution in [-0.4, -0.2) is 26.3 Å². The lowest BCUT2D eigenvalue weighted by atomic mass is 10.1. The Morgan fingerprint density at radius 3 is 2.74 bits per heavy atom. The topological polar surface area (TPSA) is 70.7 Å². The molecule has 0 fully saturated rings. The van der Waals surface area contributed by atoms with E-state index in [1.807, 2.05) is 44.2 Å². The summed E-state index contributed by atoms with van der Waals surface area (Å²) in [6.07, 6.45) is 3.44. The van der Waals surface area contributed by atoms with Crippen LogP contribution < -0.4 is 5.32 Å². The van der Waals surface area contributed by atoms with Crippen LogP contribution in [0.3, 0.4) is 0 Å². The summed E-state index contributed by atoms with van der Waals surface area (Å²) < 4.78 is 0. The van der Waals surface area contributed by atoms with Crippen molar-refractivity contribution in [2.45, 2.75) is 43.5 Å². The highest BCUT2D eigenvalue weighted by Gasteiger charge is 2.19. The number of anilines is 1. The maximum atomic E-state index is 12.5. The van der Waals surface area contributed by atoms with Gasteiger partial charge in [-0.3, -0.25) is 9.89 Å². The number of nitrogens with zero attached hydrogens (tertiary/aromatic N) is 2. The van der Waals surface area contributed by atoms with Gasteiger partial charge in [0.1, 0.15) is 0 Å². The minimum atomic E-state index is -0.292. The number of aryl methyl sites for hydroxylation is 3. The fraction of sp³-hybridized carbons (Fsp3) is 0.286. The summed E-state index contributed by atoms with van der Waals surface area (Å²) in [5, 5.41) is 10.5. The number of hydrogen-bond acceptors (Lipinski definition) is 4. The van der Waals surface area contributed by atoms with Crippen molar-refractivity contribution >= 4 is 23.4 Å². The van der Waals surface area contributed by atoms with E-state index in [0.29, 0.717) is 11.0 Å². The fourth-order valence-electron chi connectivity index (χ4n) is 3.24. The summed E-state index contributed by atoms with van der Waals surface area (Å²) in [7, 11) is 0. The summed E-state index contributed by atoms with van der Waals surface area (Å²) in [6, 6.07) is 14.3. The molecule has 0 radical (unpaired) electrons. The second-order valence-corrected chi connectivity index (χ2v) is 8.23. The van der Waals surface area contributed by atoms with Gasteiger partial charge in [0.25, 0.3) is 0 Å². The Balaban J connectivity index is 1.39. The summed E-state index contributed by atoms with van der Waals surface area (Å²) in [5.74, 6) is 0.670. The van der Waals surface area contributed by atoms with E-state index in [0.717, 1.165) is 24.1 Å². The highest BCUT2D eigenvalue weighted by Crippen LogP contribution is 2.27. The Morgan fingerprint density at radius 2 is 1.93 bits per heavy atom. The summed E-state index contributed by atoms with van der Waals surface area (Å²) >= 11 is 1.35. The van der Waals surface area contributed by atoms with Gasteiger partial charge in [0.05, 0.1) is 5.25 Å². The first-order chi connectivity index (χ1) is 13.1. The fourth-order valence-corrected chi connectivity index (χ4v) is 3.97. The Bertz CT molecular complexity index is 965. The number of carbonyl (C=O) groups excluding carboxylic acids is 1. The molecule has 1 amide bonds. The molecule has 1 aliphatic rings. The molecule has 0 aliphatic heterocycles. The van der Waals surface area contributed by atoms with Gasteiger partial charge in [0.2, 0.25) is 11.1 Å². The lowest BCUT2D eigenvalue weighted by molar-refractivity contribution is -0.115. The van der Waals surface area contributed by atoms with E-state index in [1.165, 1.54) is 34.9 Å². The van der Waals surface area contributed by atoms with E-state index in [2.05, 4.69) is 32.6 Å². The van der Waals surface area contributed by atoms with E-state index in [-0.39, 0.29) is 11.2 Å². The van der Waals surface area contributed by atoms with E-state index in [1.54, 1.807) is 0 Å². The van der Waals surface area contributed by atoms with Crippen molar-refractivity contribution in [1.29, 1.82) is 0 Å². The Morgan fingerprint density at radius 1 is 1.15 bits per heavy atom. The zero-order chi connectivity index (χ0) is 18.8. The SMILES string of the molecule is Cc1ccc(-c2nc(S[C@H](C)C(=O)Nc3ccc4c(c3)CCC4)n[nH]2)cc1. The number of benzene rings is 2. The van der Waals surface area contributed by atoms with Gasteiger partial charge in [0, 0.05) is 11.3 Å². The number of nitrogens with one attached hydrogen (secondary N) is 2. The van der Waals surface area contributed by atoms with Crippen LogP contribution in [0.1, 0.15) is 30.0 Å². The standard InChI is InChI=1S/C21H22N4OS/c1-13-6-8-16(9-7-13)19-23-21(25-24-19)27-14(2)20(26)22-18-11-10-15-4-3-5-17(15)12-18/h6-12,14H,3-5H2,1-2H3,(H,22,26)(H,23,24,25)/t14-/m1/s1. The van der Waals surface area contributed by atoms with Gasteiger partial charge in [-0.15, -0.1) is 5.10 Å². The largest absolute Gasteiger partial charge is 0.325 e. The van der Waals surface area contributed by atoms with Gasteiger partial charge >= 0.3 is 0 Å². The van der Waals surface area contributed by atoms with Crippen molar-refractivity contribution < 1.29 is 4.79 Å². The highest BCUT2D eigenvalue weighted by atomic mass is 32.2. The van der Waals surface area contributed by atoms with Crippen molar-refractivity contribution in [3.63, 3.8) is 0 Å². The molecule has 0 bridgehead atoms. The summed E-state index contributed by atoms with van der Waals surface area (Å²) in [6.45, 7) is 3.92. The average Bonchev–Trinajstić information content (AvgIpc) is 3.31. The molecule has 27 heavy (non-hydrogen) atoms. The van der Waals surface area contributed by atoms with Gasteiger partial charge in [-0.2, -0.15) is 0 Å². The lowest BCUT2D eigenvalue weighted by Gasteiger charge is -2.11. The van der Waals surface area contributed by atoms with Crippen LogP contribution in [-0.2, 0) is 17.6 Å². The number of thioether (sulfide) groups is 1. The normalized spacial score (nSPS) is 14.0. The first-order valence-electron chi connectivity index (χ1n) is 9.17. The molecule has 1 aromatic heterocycles. The molecule has 0 unspecified atom stereocenters. The van der Waals surface area contributed by atoms with Crippen LogP contribution in [0, 0.1) is 6.92 Å². The van der Waals surface area contributed by atoms with Gasteiger partial charge < -0.3 is 5.32 Å². The highest BCUT2D eigenvalue weighted by molar-refractivity contribution is 8.00. The number of amides is 1. The molecule has 138 valence electrons. The molecular formula is C21H22N4OS. The van der Waals surface area contributed by atoms with Crippen LogP contribution >= 0.6 is 11.8 Å². The number of H-pyrrole nitrogens is 1. The van der Waals surface area contributed by atoms with E-state index < -0.39 is 0 Å². The molecular weight excluding hydrogens is 356 g/mol. The van der Waals surface area contributed by atoms with Crippen molar-refractivity contribution in [1.82, 2.24) is 15.2 Å². The van der Waals surface area contributed by atoms with E-state index >= 15 is 0 Å². The second-order valence-electron chi connectivity index (χ2n) is 6.92. The number of aromatic nitrogens is 3. The lowest BCUT2D eigenvalue weighted by Crippen LogP contribution is -2.22. The second kappa shape index (κ2) is 7.56. The molecule has 0 spiro atoms. The van der Waals surface area contributed by atoms with Gasteiger partial charge in [-0.25, -0.2) is 4.98 Å². The zero-order valence-corrected chi connectivity index (χ0v) is 16.3. The molecule has 3 aromatic rings. The quantitative estimate of drug-likeness (QED) is 0.646. The number of hydrogen-bond donors (Lipinski definition) is 2. The molecule has 0 saturated carbocycles. The average molecular weight is 379 g/mol. The molecule has 1 aliphatic carbocycles. The predicted molar refractivity (Wildman–Crippen MR) is 109 cm³/mol. The molecule has 6 heteroatoms. The maximum Gasteiger partial charge on any atom is 0.237 e. The van der Waals surface area contributed by atoms with Crippen LogP contribution in [0.5, 0.6) is 0 Å². The molecule has 2 aromatic carbocycles. The number of aromatic amines is 1. The van der Waals surface area contributed by atoms with Gasteiger partial charge in [-0.05, 0) is 56.4 Å². The number of fused-ring (bicyclic) bond motifs is 1. The molecule has 1 atom stereocenters. The third-order valence-corrected chi connectivity index (χ3v) is 5.77. The monoisotopic (exact) mass is 378 g/mol. The third-order valence-electron chi connectivity index (χ3n) is 4.81. The Labute approximate surface area is 163 Å². The van der Waals surface area contributed by atoms with Crippen molar-refractivity contribution in [2.24, 2.45) is 0 Å². The van der Waals surface area contributed by atoms with Crippen molar-refractivity contribution in [3.05, 3.63) is 59.2 Å². The summed E-state index contributed by atoms with van der Waals surface area (Å²) in [5.41, 5.74) is 5.80. The van der Waals surface area contributed by atoms with Crippen molar-refractivity contribution in [3.8, 4) is 11.4 Å². The van der Waals surface area contributed by atoms with Crippen LogP contribution in [0.25, 0.3) is 11.4 Å². The van der Waals surface area contributed by atoms with E-state index in [4.69, 9.17) is 0 Å². The van der Waals surface area contributed by atoms with Crippen LogP contribution in [0.15, 0.2) is 47.6 Å². The molecule has 4 rings (SSSR count). The smallest absolute Gasteiger partial charge is 0.237 e. The molecule has 0 saturated heterocycles. The van der Waals surface area contributed by atoms with E-state index in [9.17, 15) is 4.79 Å².